The van der Waals surface area contributed by atoms with E-state index in [2.05, 4.69) is 9.80 Å². The van der Waals surface area contributed by atoms with E-state index in [0.29, 0.717) is 38.8 Å². The van der Waals surface area contributed by atoms with E-state index in [1.807, 2.05) is 9.80 Å². The lowest BCUT2D eigenvalue weighted by atomic mass is 10.2. The summed E-state index contributed by atoms with van der Waals surface area (Å²) >= 11 is 0. The Bertz CT molecular complexity index is 437. The molecule has 0 aromatic carbocycles. The van der Waals surface area contributed by atoms with Gasteiger partial charge in [-0.05, 0) is 12.8 Å². The fourth-order valence-electron chi connectivity index (χ4n) is 3.77. The average molecular weight is 338 g/mol. The normalized spacial score (nSPS) is 26.8. The number of ether oxygens (including phenoxy) is 1. The van der Waals surface area contributed by atoms with Crippen LogP contribution >= 0.6 is 0 Å². The second kappa shape index (κ2) is 8.27. The third-order valence-corrected chi connectivity index (χ3v) is 5.39. The highest BCUT2D eigenvalue weighted by molar-refractivity contribution is 5.79. The lowest BCUT2D eigenvalue weighted by Gasteiger charge is -2.38. The Kier molecular flexibility index (Phi) is 6.08. The maximum Gasteiger partial charge on any atom is 0.236 e. The van der Waals surface area contributed by atoms with Gasteiger partial charge in [0.25, 0.3) is 0 Å². The Labute approximate surface area is 144 Å². The van der Waals surface area contributed by atoms with Gasteiger partial charge in [0.2, 0.25) is 11.8 Å². The summed E-state index contributed by atoms with van der Waals surface area (Å²) in [6.07, 6.45) is 2.79. The van der Waals surface area contributed by atoms with E-state index < -0.39 is 0 Å². The molecule has 3 saturated heterocycles. The van der Waals surface area contributed by atoms with Gasteiger partial charge < -0.3 is 14.5 Å². The van der Waals surface area contributed by atoms with Crippen LogP contribution in [0, 0.1) is 0 Å². The van der Waals surface area contributed by atoms with Gasteiger partial charge >= 0.3 is 0 Å². The van der Waals surface area contributed by atoms with E-state index in [4.69, 9.17) is 4.74 Å². The molecule has 3 rings (SSSR count). The van der Waals surface area contributed by atoms with Gasteiger partial charge in [-0.1, -0.05) is 0 Å². The van der Waals surface area contributed by atoms with Crippen molar-refractivity contribution in [3.63, 3.8) is 0 Å². The van der Waals surface area contributed by atoms with Gasteiger partial charge in [0.1, 0.15) is 0 Å². The Morgan fingerprint density at radius 3 is 2.12 bits per heavy atom. The van der Waals surface area contributed by atoms with Crippen LogP contribution in [0.1, 0.15) is 19.8 Å². The molecule has 7 heteroatoms. The molecule has 0 aromatic rings. The molecule has 1 atom stereocenters. The van der Waals surface area contributed by atoms with Gasteiger partial charge in [0, 0.05) is 72.4 Å². The number of amides is 2. The van der Waals surface area contributed by atoms with E-state index in [-0.39, 0.29) is 11.8 Å². The molecule has 0 radical (unpaired) electrons. The summed E-state index contributed by atoms with van der Waals surface area (Å²) in [5.41, 5.74) is 0. The third-order valence-electron chi connectivity index (χ3n) is 5.39. The lowest BCUT2D eigenvalue weighted by Crippen LogP contribution is -2.54. The standard InChI is InChI=1S/C17H30N4O3/c1-15(22)20-8-10-21(11-9-20)17(23)14-19-6-4-18(5-7-19)13-16-3-2-12-24-16/h16H,2-14H2,1H3. The van der Waals surface area contributed by atoms with Crippen LogP contribution in [0.5, 0.6) is 0 Å². The fraction of sp³-hybridized carbons (Fsp3) is 0.882. The summed E-state index contributed by atoms with van der Waals surface area (Å²) < 4.78 is 5.71. The van der Waals surface area contributed by atoms with Crippen molar-refractivity contribution in [2.75, 3.05) is 72.1 Å². The monoisotopic (exact) mass is 338 g/mol. The van der Waals surface area contributed by atoms with Crippen molar-refractivity contribution in [2.45, 2.75) is 25.9 Å². The fourth-order valence-corrected chi connectivity index (χ4v) is 3.77. The minimum Gasteiger partial charge on any atom is -0.377 e. The van der Waals surface area contributed by atoms with Crippen LogP contribution in [0.2, 0.25) is 0 Å². The molecule has 1 unspecified atom stereocenters. The second-order valence-corrected chi connectivity index (χ2v) is 7.10. The number of hydrogen-bond donors (Lipinski definition) is 0. The highest BCUT2D eigenvalue weighted by atomic mass is 16.5. The molecule has 24 heavy (non-hydrogen) atoms. The number of rotatable bonds is 4. The van der Waals surface area contributed by atoms with E-state index in [1.54, 1.807) is 6.92 Å². The van der Waals surface area contributed by atoms with E-state index in [9.17, 15) is 9.59 Å². The van der Waals surface area contributed by atoms with Crippen molar-refractivity contribution < 1.29 is 14.3 Å². The maximum atomic E-state index is 12.5. The minimum absolute atomic E-state index is 0.101. The van der Waals surface area contributed by atoms with Crippen molar-refractivity contribution >= 4 is 11.8 Å². The molecule has 0 aromatic heterocycles. The topological polar surface area (TPSA) is 56.3 Å². The van der Waals surface area contributed by atoms with Crippen molar-refractivity contribution in [3.05, 3.63) is 0 Å². The summed E-state index contributed by atoms with van der Waals surface area (Å²) in [5.74, 6) is 0.301. The van der Waals surface area contributed by atoms with Crippen LogP contribution in [0.15, 0.2) is 0 Å². The quantitative estimate of drug-likeness (QED) is 0.690. The van der Waals surface area contributed by atoms with Crippen molar-refractivity contribution in [2.24, 2.45) is 0 Å². The van der Waals surface area contributed by atoms with Crippen LogP contribution in [-0.2, 0) is 14.3 Å². The summed E-state index contributed by atoms with van der Waals surface area (Å²) in [6, 6.07) is 0. The molecule has 0 saturated carbocycles. The number of nitrogens with zero attached hydrogens (tertiary/aromatic N) is 4. The molecule has 3 aliphatic rings. The van der Waals surface area contributed by atoms with Gasteiger partial charge in [-0.15, -0.1) is 0 Å². The van der Waals surface area contributed by atoms with Gasteiger partial charge in [-0.3, -0.25) is 19.4 Å². The Hall–Kier alpha value is -1.18. The van der Waals surface area contributed by atoms with Gasteiger partial charge in [-0.25, -0.2) is 0 Å². The number of carbonyl (C=O) groups excluding carboxylic acids is 2. The first-order valence-corrected chi connectivity index (χ1v) is 9.21. The van der Waals surface area contributed by atoms with Crippen LogP contribution in [-0.4, -0.2) is 110 Å². The molecule has 3 heterocycles. The zero-order valence-electron chi connectivity index (χ0n) is 14.8. The highest BCUT2D eigenvalue weighted by Gasteiger charge is 2.26. The van der Waals surface area contributed by atoms with E-state index in [1.165, 1.54) is 12.8 Å². The van der Waals surface area contributed by atoms with Crippen molar-refractivity contribution in [3.8, 4) is 0 Å². The molecule has 0 bridgehead atoms. The Balaban J connectivity index is 1.35. The molecule has 2 amide bonds. The Morgan fingerprint density at radius 2 is 1.54 bits per heavy atom. The Morgan fingerprint density at radius 1 is 0.917 bits per heavy atom. The van der Waals surface area contributed by atoms with Crippen molar-refractivity contribution in [1.82, 2.24) is 19.6 Å². The molecule has 0 N–H and O–H groups in total. The number of hydrogen-bond acceptors (Lipinski definition) is 5. The van der Waals surface area contributed by atoms with E-state index >= 15 is 0 Å². The first kappa shape index (κ1) is 17.6. The lowest BCUT2D eigenvalue weighted by molar-refractivity contribution is -0.139. The van der Waals surface area contributed by atoms with E-state index in [0.717, 1.165) is 39.3 Å². The van der Waals surface area contributed by atoms with Crippen LogP contribution in [0.3, 0.4) is 0 Å². The number of piperazine rings is 2. The smallest absolute Gasteiger partial charge is 0.236 e. The average Bonchev–Trinajstić information content (AvgIpc) is 3.09. The van der Waals surface area contributed by atoms with Gasteiger partial charge in [0.05, 0.1) is 12.6 Å². The van der Waals surface area contributed by atoms with Crippen LogP contribution in [0.4, 0.5) is 0 Å². The summed E-state index contributed by atoms with van der Waals surface area (Å²) in [7, 11) is 0. The number of carbonyl (C=O) groups is 2. The molecule has 7 nitrogen and oxygen atoms in total. The maximum absolute atomic E-state index is 12.5. The molecule has 3 fully saturated rings. The van der Waals surface area contributed by atoms with Crippen molar-refractivity contribution in [1.29, 1.82) is 0 Å². The van der Waals surface area contributed by atoms with Crippen LogP contribution < -0.4 is 0 Å². The molecular weight excluding hydrogens is 308 g/mol. The SMILES string of the molecule is CC(=O)N1CCN(C(=O)CN2CCN(CC3CCCO3)CC2)CC1. The summed E-state index contributed by atoms with van der Waals surface area (Å²) in [5, 5.41) is 0. The molecule has 136 valence electrons. The predicted octanol–water partition coefficient (Wildman–Crippen LogP) is -0.526. The summed E-state index contributed by atoms with van der Waals surface area (Å²) in [4.78, 5) is 32.2. The minimum atomic E-state index is 0.101. The second-order valence-electron chi connectivity index (χ2n) is 7.10. The zero-order chi connectivity index (χ0) is 16.9. The largest absolute Gasteiger partial charge is 0.377 e. The zero-order valence-corrected chi connectivity index (χ0v) is 14.8. The first-order valence-electron chi connectivity index (χ1n) is 9.21. The predicted molar refractivity (Wildman–Crippen MR) is 90.7 cm³/mol. The molecule has 3 aliphatic heterocycles. The first-order chi connectivity index (χ1) is 11.6. The molecular formula is C17H30N4O3. The molecule has 0 spiro atoms. The highest BCUT2D eigenvalue weighted by Crippen LogP contribution is 2.14. The van der Waals surface area contributed by atoms with Crippen LogP contribution in [0.25, 0.3) is 0 Å². The summed E-state index contributed by atoms with van der Waals surface area (Å²) in [6.45, 7) is 10.6. The van der Waals surface area contributed by atoms with Gasteiger partial charge in [0.15, 0.2) is 0 Å². The molecule has 0 aliphatic carbocycles. The van der Waals surface area contributed by atoms with Gasteiger partial charge in [-0.2, -0.15) is 0 Å². The third kappa shape index (κ3) is 4.68.